The summed E-state index contributed by atoms with van der Waals surface area (Å²) < 4.78 is 5.37. The van der Waals surface area contributed by atoms with E-state index in [-0.39, 0.29) is 0 Å². The van der Waals surface area contributed by atoms with Gasteiger partial charge in [-0.05, 0) is 70.8 Å². The Kier molecular flexibility index (Phi) is 5.90. The minimum absolute atomic E-state index is 0.845. The maximum absolute atomic E-state index is 5.37. The summed E-state index contributed by atoms with van der Waals surface area (Å²) in [5, 5.41) is 0. The van der Waals surface area contributed by atoms with Crippen molar-refractivity contribution in [3.8, 4) is 28.0 Å². The summed E-state index contributed by atoms with van der Waals surface area (Å²) >= 11 is 0. The molecule has 5 aromatic carbocycles. The van der Waals surface area contributed by atoms with Crippen molar-refractivity contribution in [1.82, 2.24) is 0 Å². The van der Waals surface area contributed by atoms with Gasteiger partial charge < -0.3 is 9.64 Å². The number of anilines is 3. The average molecular weight is 428 g/mol. The lowest BCUT2D eigenvalue weighted by atomic mass is 10.0. The first kappa shape index (κ1) is 20.6. The van der Waals surface area contributed by atoms with E-state index in [0.29, 0.717) is 0 Å². The SMILES string of the molecule is COc1ccc(N(c2ccc(-c3ccccc3)cc2)c2ccc(-c3ccccc3)cc2)cc1. The maximum atomic E-state index is 5.37. The molecular weight excluding hydrogens is 402 g/mol. The second-order valence-electron chi connectivity index (χ2n) is 7.86. The van der Waals surface area contributed by atoms with Gasteiger partial charge in [-0.15, -0.1) is 0 Å². The van der Waals surface area contributed by atoms with E-state index in [2.05, 4.69) is 114 Å². The topological polar surface area (TPSA) is 12.5 Å². The Morgan fingerprint density at radius 3 is 1.09 bits per heavy atom. The highest BCUT2D eigenvalue weighted by Gasteiger charge is 2.13. The van der Waals surface area contributed by atoms with E-state index in [1.165, 1.54) is 22.3 Å². The molecule has 5 rings (SSSR count). The van der Waals surface area contributed by atoms with Crippen molar-refractivity contribution in [3.63, 3.8) is 0 Å². The molecular formula is C31H25NO. The summed E-state index contributed by atoms with van der Waals surface area (Å²) in [5.41, 5.74) is 8.12. The lowest BCUT2D eigenvalue weighted by Gasteiger charge is -2.26. The molecule has 2 heteroatoms. The highest BCUT2D eigenvalue weighted by Crippen LogP contribution is 2.37. The summed E-state index contributed by atoms with van der Waals surface area (Å²) in [5.74, 6) is 0.845. The molecule has 0 unspecified atom stereocenters. The van der Waals surface area contributed by atoms with Crippen LogP contribution in [0.3, 0.4) is 0 Å². The molecule has 0 radical (unpaired) electrons. The summed E-state index contributed by atoms with van der Waals surface area (Å²) in [7, 11) is 1.69. The van der Waals surface area contributed by atoms with Gasteiger partial charge in [-0.1, -0.05) is 84.9 Å². The number of hydrogen-bond donors (Lipinski definition) is 0. The quantitative estimate of drug-likeness (QED) is 0.269. The third-order valence-corrected chi connectivity index (χ3v) is 5.80. The monoisotopic (exact) mass is 427 g/mol. The number of nitrogens with zero attached hydrogens (tertiary/aromatic N) is 1. The zero-order chi connectivity index (χ0) is 22.5. The lowest BCUT2D eigenvalue weighted by molar-refractivity contribution is 0.415. The van der Waals surface area contributed by atoms with Gasteiger partial charge in [0, 0.05) is 17.1 Å². The van der Waals surface area contributed by atoms with Gasteiger partial charge in [-0.3, -0.25) is 0 Å². The normalized spacial score (nSPS) is 10.6. The smallest absolute Gasteiger partial charge is 0.119 e. The maximum Gasteiger partial charge on any atom is 0.119 e. The first-order chi connectivity index (χ1) is 16.3. The molecule has 33 heavy (non-hydrogen) atoms. The molecule has 0 fully saturated rings. The van der Waals surface area contributed by atoms with Gasteiger partial charge in [0.1, 0.15) is 5.75 Å². The summed E-state index contributed by atoms with van der Waals surface area (Å²) in [6.45, 7) is 0. The molecule has 0 bridgehead atoms. The number of hydrogen-bond acceptors (Lipinski definition) is 2. The molecule has 2 nitrogen and oxygen atoms in total. The van der Waals surface area contributed by atoms with E-state index in [4.69, 9.17) is 4.74 Å². The van der Waals surface area contributed by atoms with Gasteiger partial charge in [0.05, 0.1) is 7.11 Å². The number of methoxy groups -OCH3 is 1. The zero-order valence-corrected chi connectivity index (χ0v) is 18.6. The van der Waals surface area contributed by atoms with Crippen molar-refractivity contribution >= 4 is 17.1 Å². The molecule has 160 valence electrons. The van der Waals surface area contributed by atoms with Crippen LogP contribution in [-0.2, 0) is 0 Å². The standard InChI is InChI=1S/C31H25NO/c1-33-31-22-20-30(21-23-31)32(28-16-12-26(13-17-28)24-8-4-2-5-9-24)29-18-14-27(15-19-29)25-10-6-3-7-11-25/h2-23H,1H3. The Bertz CT molecular complexity index is 1210. The molecule has 0 amide bonds. The highest BCUT2D eigenvalue weighted by atomic mass is 16.5. The van der Waals surface area contributed by atoms with Crippen molar-refractivity contribution in [2.75, 3.05) is 12.0 Å². The number of rotatable bonds is 6. The predicted octanol–water partition coefficient (Wildman–Crippen LogP) is 8.50. The summed E-state index contributed by atoms with van der Waals surface area (Å²) in [4.78, 5) is 2.27. The van der Waals surface area contributed by atoms with E-state index in [1.807, 2.05) is 24.3 Å². The second-order valence-corrected chi connectivity index (χ2v) is 7.86. The predicted molar refractivity (Wildman–Crippen MR) is 139 cm³/mol. The largest absolute Gasteiger partial charge is 0.497 e. The highest BCUT2D eigenvalue weighted by molar-refractivity contribution is 5.79. The molecule has 0 saturated carbocycles. The van der Waals surface area contributed by atoms with Gasteiger partial charge in [-0.25, -0.2) is 0 Å². The molecule has 0 aliphatic carbocycles. The van der Waals surface area contributed by atoms with Gasteiger partial charge in [0.2, 0.25) is 0 Å². The van der Waals surface area contributed by atoms with Crippen molar-refractivity contribution in [1.29, 1.82) is 0 Å². The van der Waals surface area contributed by atoms with Crippen LogP contribution in [-0.4, -0.2) is 7.11 Å². The fourth-order valence-corrected chi connectivity index (χ4v) is 4.05. The molecule has 0 spiro atoms. The van der Waals surface area contributed by atoms with Crippen LogP contribution in [0, 0.1) is 0 Å². The van der Waals surface area contributed by atoms with E-state index in [1.54, 1.807) is 7.11 Å². The molecule has 0 N–H and O–H groups in total. The van der Waals surface area contributed by atoms with Crippen molar-refractivity contribution < 1.29 is 4.74 Å². The van der Waals surface area contributed by atoms with Crippen LogP contribution in [0.15, 0.2) is 133 Å². The first-order valence-electron chi connectivity index (χ1n) is 11.1. The van der Waals surface area contributed by atoms with Crippen molar-refractivity contribution in [2.45, 2.75) is 0 Å². The zero-order valence-electron chi connectivity index (χ0n) is 18.6. The van der Waals surface area contributed by atoms with Crippen molar-refractivity contribution in [2.24, 2.45) is 0 Å². The van der Waals surface area contributed by atoms with Crippen LogP contribution < -0.4 is 9.64 Å². The molecule has 0 atom stereocenters. The number of ether oxygens (including phenoxy) is 1. The van der Waals surface area contributed by atoms with Crippen LogP contribution in [0.1, 0.15) is 0 Å². The molecule has 5 aromatic rings. The Labute approximate surface area is 195 Å². The van der Waals surface area contributed by atoms with Crippen LogP contribution in [0.2, 0.25) is 0 Å². The van der Waals surface area contributed by atoms with E-state index in [9.17, 15) is 0 Å². The fourth-order valence-electron chi connectivity index (χ4n) is 4.05. The van der Waals surface area contributed by atoms with Crippen LogP contribution >= 0.6 is 0 Å². The summed E-state index contributed by atoms with van der Waals surface area (Å²) in [6.07, 6.45) is 0. The average Bonchev–Trinajstić information content (AvgIpc) is 2.91. The minimum Gasteiger partial charge on any atom is -0.497 e. The summed E-state index contributed by atoms with van der Waals surface area (Å²) in [6, 6.07) is 46.5. The van der Waals surface area contributed by atoms with Crippen LogP contribution in [0.4, 0.5) is 17.1 Å². The third-order valence-electron chi connectivity index (χ3n) is 5.80. The molecule has 0 saturated heterocycles. The molecule has 0 aromatic heterocycles. The number of benzene rings is 5. The van der Waals surface area contributed by atoms with Gasteiger partial charge in [0.25, 0.3) is 0 Å². The van der Waals surface area contributed by atoms with Gasteiger partial charge in [0.15, 0.2) is 0 Å². The minimum atomic E-state index is 0.845. The molecule has 0 heterocycles. The van der Waals surface area contributed by atoms with Crippen LogP contribution in [0.25, 0.3) is 22.3 Å². The Morgan fingerprint density at radius 1 is 0.394 bits per heavy atom. The molecule has 0 aliphatic rings. The van der Waals surface area contributed by atoms with Crippen molar-refractivity contribution in [3.05, 3.63) is 133 Å². The first-order valence-corrected chi connectivity index (χ1v) is 11.1. The Morgan fingerprint density at radius 2 is 0.727 bits per heavy atom. The third kappa shape index (κ3) is 4.51. The lowest BCUT2D eigenvalue weighted by Crippen LogP contribution is -2.09. The fraction of sp³-hybridized carbons (Fsp3) is 0.0323. The molecule has 0 aliphatic heterocycles. The second kappa shape index (κ2) is 9.46. The van der Waals surface area contributed by atoms with E-state index in [0.717, 1.165) is 22.8 Å². The Hall–Kier alpha value is -4.30. The van der Waals surface area contributed by atoms with Crippen LogP contribution in [0.5, 0.6) is 5.75 Å². The van der Waals surface area contributed by atoms with E-state index >= 15 is 0 Å². The van der Waals surface area contributed by atoms with Gasteiger partial charge >= 0.3 is 0 Å². The van der Waals surface area contributed by atoms with E-state index < -0.39 is 0 Å². The Balaban J connectivity index is 1.53. The van der Waals surface area contributed by atoms with Gasteiger partial charge in [-0.2, -0.15) is 0 Å².